The Morgan fingerprint density at radius 3 is 2.57 bits per heavy atom. The van der Waals surface area contributed by atoms with Crippen LogP contribution in [-0.4, -0.2) is 29.1 Å². The zero-order valence-corrected chi connectivity index (χ0v) is 13.6. The summed E-state index contributed by atoms with van der Waals surface area (Å²) in [6.45, 7) is 0. The number of nitrogens with two attached hydrogens (primary N) is 1. The summed E-state index contributed by atoms with van der Waals surface area (Å²) in [5, 5.41) is 14.3. The number of hydrogen-bond donors (Lipinski definition) is 4. The van der Waals surface area contributed by atoms with Gasteiger partial charge in [-0.1, -0.05) is 11.6 Å². The second kappa shape index (κ2) is 8.03. The first-order valence-corrected chi connectivity index (χ1v) is 7.29. The van der Waals surface area contributed by atoms with Crippen molar-refractivity contribution in [3.8, 4) is 0 Å². The van der Waals surface area contributed by atoms with Gasteiger partial charge in [-0.15, -0.1) is 0 Å². The second-order valence-corrected chi connectivity index (χ2v) is 5.72. The summed E-state index contributed by atoms with van der Waals surface area (Å²) in [7, 11) is 0. The molecule has 0 saturated heterocycles. The van der Waals surface area contributed by atoms with Crippen molar-refractivity contribution in [1.29, 1.82) is 0 Å². The number of urea groups is 1. The summed E-state index contributed by atoms with van der Waals surface area (Å²) >= 11 is 7.78. The molecule has 0 radical (unpaired) electrons. The predicted molar refractivity (Wildman–Crippen MR) is 86.2 cm³/mol. The monoisotopic (exact) mass is 425 g/mol. The summed E-state index contributed by atoms with van der Waals surface area (Å²) in [5.74, 6) is -1.87. The van der Waals surface area contributed by atoms with Gasteiger partial charge in [0.2, 0.25) is 5.91 Å². The van der Waals surface area contributed by atoms with Crippen molar-refractivity contribution in [2.24, 2.45) is 5.73 Å². The average Bonchev–Trinajstić information content (AvgIpc) is 2.37. The minimum atomic E-state index is -1.24. The second-order valence-electron chi connectivity index (χ2n) is 4.12. The molecular weight excluding hydrogens is 413 g/mol. The van der Waals surface area contributed by atoms with Gasteiger partial charge >= 0.3 is 12.0 Å². The van der Waals surface area contributed by atoms with Gasteiger partial charge < -0.3 is 21.5 Å². The summed E-state index contributed by atoms with van der Waals surface area (Å²) in [4.78, 5) is 33.4. The van der Waals surface area contributed by atoms with Crippen molar-refractivity contribution in [3.63, 3.8) is 0 Å². The number of aliphatic carboxylic acids is 1. The molecule has 0 heterocycles. The van der Waals surface area contributed by atoms with E-state index in [1.165, 1.54) is 0 Å². The molecule has 0 aliphatic heterocycles. The Balaban J connectivity index is 2.65. The Bertz CT molecular complexity index is 567. The van der Waals surface area contributed by atoms with Gasteiger partial charge in [-0.2, -0.15) is 0 Å². The van der Waals surface area contributed by atoms with Gasteiger partial charge in [-0.05, 0) is 47.2 Å². The number of carbonyl (C=O) groups excluding carboxylic acids is 2. The van der Waals surface area contributed by atoms with Crippen molar-refractivity contribution in [1.82, 2.24) is 5.32 Å². The molecule has 0 aromatic heterocycles. The molecular formula is C12H13ClIN3O4. The smallest absolute Gasteiger partial charge is 0.326 e. The van der Waals surface area contributed by atoms with Gasteiger partial charge in [0.25, 0.3) is 0 Å². The molecule has 0 bridgehead atoms. The number of amides is 3. The van der Waals surface area contributed by atoms with Crippen LogP contribution in [0.5, 0.6) is 0 Å². The third-order valence-corrected chi connectivity index (χ3v) is 3.59. The fourth-order valence-corrected chi connectivity index (χ4v) is 2.46. The molecule has 9 heteroatoms. The van der Waals surface area contributed by atoms with E-state index in [0.29, 0.717) is 14.3 Å². The molecule has 0 aliphatic carbocycles. The van der Waals surface area contributed by atoms with Crippen LogP contribution in [0.3, 0.4) is 0 Å². The zero-order chi connectivity index (χ0) is 16.0. The van der Waals surface area contributed by atoms with Crippen molar-refractivity contribution in [2.45, 2.75) is 18.9 Å². The minimum Gasteiger partial charge on any atom is -0.480 e. The van der Waals surface area contributed by atoms with E-state index in [2.05, 4.69) is 10.6 Å². The Morgan fingerprint density at radius 2 is 2.05 bits per heavy atom. The highest BCUT2D eigenvalue weighted by atomic mass is 127. The number of benzene rings is 1. The molecule has 7 nitrogen and oxygen atoms in total. The Morgan fingerprint density at radius 1 is 1.38 bits per heavy atom. The van der Waals surface area contributed by atoms with Crippen LogP contribution in [0.25, 0.3) is 0 Å². The third kappa shape index (κ3) is 6.17. The predicted octanol–water partition coefficient (Wildman–Crippen LogP) is 1.78. The standard InChI is InChI=1S/C12H13ClIN3O4/c13-6-1-2-8(7(14)5-6)16-12(21)17-9(11(19)20)3-4-10(15)18/h1-2,5,9H,3-4H2,(H2,15,18)(H,19,20)(H2,16,17,21)/t9-/m1/s1. The van der Waals surface area contributed by atoms with Crippen LogP contribution in [0.4, 0.5) is 10.5 Å². The molecule has 1 aromatic carbocycles. The molecule has 0 unspecified atom stereocenters. The summed E-state index contributed by atoms with van der Waals surface area (Å²) in [5.41, 5.74) is 5.45. The lowest BCUT2D eigenvalue weighted by Crippen LogP contribution is -2.43. The number of primary amides is 1. The first-order chi connectivity index (χ1) is 9.79. The maximum atomic E-state index is 11.8. The zero-order valence-electron chi connectivity index (χ0n) is 10.7. The lowest BCUT2D eigenvalue weighted by atomic mass is 10.1. The van der Waals surface area contributed by atoms with E-state index < -0.39 is 23.9 Å². The van der Waals surface area contributed by atoms with Gasteiger partial charge in [0.1, 0.15) is 6.04 Å². The summed E-state index contributed by atoms with van der Waals surface area (Å²) in [6, 6.07) is 2.97. The molecule has 1 aromatic rings. The first-order valence-electron chi connectivity index (χ1n) is 5.83. The summed E-state index contributed by atoms with van der Waals surface area (Å²) < 4.78 is 0.708. The number of anilines is 1. The number of carboxylic acid groups (broad SMARTS) is 1. The molecule has 5 N–H and O–H groups in total. The Hall–Kier alpha value is -1.55. The number of hydrogen-bond acceptors (Lipinski definition) is 3. The molecule has 1 rings (SSSR count). The maximum absolute atomic E-state index is 11.8. The fraction of sp³-hybridized carbons (Fsp3) is 0.250. The van der Waals surface area contributed by atoms with Crippen molar-refractivity contribution in [3.05, 3.63) is 26.8 Å². The average molecular weight is 426 g/mol. The lowest BCUT2D eigenvalue weighted by Gasteiger charge is -2.15. The van der Waals surface area contributed by atoms with Crippen LogP contribution in [-0.2, 0) is 9.59 Å². The quantitative estimate of drug-likeness (QED) is 0.519. The number of rotatable bonds is 6. The van der Waals surface area contributed by atoms with Crippen LogP contribution < -0.4 is 16.4 Å². The number of carbonyl (C=O) groups is 3. The van der Waals surface area contributed by atoms with Crippen molar-refractivity contribution >= 4 is 57.8 Å². The van der Waals surface area contributed by atoms with Crippen molar-refractivity contribution in [2.75, 3.05) is 5.32 Å². The van der Waals surface area contributed by atoms with E-state index in [-0.39, 0.29) is 12.8 Å². The highest BCUT2D eigenvalue weighted by Crippen LogP contribution is 2.22. The van der Waals surface area contributed by atoms with Gasteiger partial charge in [-0.3, -0.25) is 4.79 Å². The van der Waals surface area contributed by atoms with E-state index in [4.69, 9.17) is 22.4 Å². The molecule has 1 atom stereocenters. The van der Waals surface area contributed by atoms with E-state index in [1.807, 2.05) is 22.6 Å². The Kier molecular flexibility index (Phi) is 6.69. The molecule has 0 fully saturated rings. The normalized spacial score (nSPS) is 11.5. The third-order valence-electron chi connectivity index (χ3n) is 2.46. The van der Waals surface area contributed by atoms with E-state index in [9.17, 15) is 14.4 Å². The molecule has 0 aliphatic rings. The number of carboxylic acids is 1. The van der Waals surface area contributed by atoms with E-state index in [0.717, 1.165) is 0 Å². The molecule has 0 spiro atoms. The highest BCUT2D eigenvalue weighted by molar-refractivity contribution is 14.1. The molecule has 21 heavy (non-hydrogen) atoms. The van der Waals surface area contributed by atoms with Crippen LogP contribution >= 0.6 is 34.2 Å². The molecule has 0 saturated carbocycles. The van der Waals surface area contributed by atoms with E-state index in [1.54, 1.807) is 18.2 Å². The van der Waals surface area contributed by atoms with Gasteiger partial charge in [0.15, 0.2) is 0 Å². The van der Waals surface area contributed by atoms with Crippen LogP contribution in [0.2, 0.25) is 5.02 Å². The van der Waals surface area contributed by atoms with Gasteiger partial charge in [0, 0.05) is 15.0 Å². The SMILES string of the molecule is NC(=O)CC[C@@H](NC(=O)Nc1ccc(Cl)cc1I)C(=O)O. The Labute approximate surface area is 139 Å². The van der Waals surface area contributed by atoms with Crippen LogP contribution in [0, 0.1) is 3.57 Å². The van der Waals surface area contributed by atoms with Gasteiger partial charge in [-0.25, -0.2) is 9.59 Å². The molecule has 114 valence electrons. The number of halogens is 2. The van der Waals surface area contributed by atoms with Crippen LogP contribution in [0.15, 0.2) is 18.2 Å². The van der Waals surface area contributed by atoms with Crippen LogP contribution in [0.1, 0.15) is 12.8 Å². The van der Waals surface area contributed by atoms with E-state index >= 15 is 0 Å². The maximum Gasteiger partial charge on any atom is 0.326 e. The minimum absolute atomic E-state index is 0.0736. The fourth-order valence-electron chi connectivity index (χ4n) is 1.45. The number of nitrogens with one attached hydrogen (secondary N) is 2. The largest absolute Gasteiger partial charge is 0.480 e. The van der Waals surface area contributed by atoms with Gasteiger partial charge in [0.05, 0.1) is 5.69 Å². The van der Waals surface area contributed by atoms with Crippen molar-refractivity contribution < 1.29 is 19.5 Å². The summed E-state index contributed by atoms with van der Waals surface area (Å²) in [6.07, 6.45) is -0.203. The molecule has 3 amide bonds. The lowest BCUT2D eigenvalue weighted by molar-refractivity contribution is -0.139. The topological polar surface area (TPSA) is 122 Å². The highest BCUT2D eigenvalue weighted by Gasteiger charge is 2.20. The first kappa shape index (κ1) is 17.5.